The predicted octanol–water partition coefficient (Wildman–Crippen LogP) is 4.00. The Labute approximate surface area is 86.2 Å². The van der Waals surface area contributed by atoms with Crippen LogP contribution in [0.1, 0.15) is 26.2 Å². The Morgan fingerprint density at radius 3 is 2.57 bits per heavy atom. The van der Waals surface area contributed by atoms with Crippen molar-refractivity contribution in [1.29, 1.82) is 0 Å². The molecule has 1 rings (SSSR count). The fourth-order valence-corrected chi connectivity index (χ4v) is 2.07. The van der Waals surface area contributed by atoms with Crippen molar-refractivity contribution in [2.45, 2.75) is 26.2 Å². The molecule has 0 radical (unpaired) electrons. The van der Waals surface area contributed by atoms with E-state index in [1.807, 2.05) is 30.3 Å². The molecule has 1 aromatic rings. The minimum atomic E-state index is -1.52. The molecule has 2 nitrogen and oxygen atoms in total. The maximum absolute atomic E-state index is 11.4. The summed E-state index contributed by atoms with van der Waals surface area (Å²) >= 11 is 0. The monoisotopic (exact) mass is 211 g/mol. The number of hydrogen-bond acceptors (Lipinski definition) is 2. The van der Waals surface area contributed by atoms with Crippen LogP contribution in [0, 0.1) is 0 Å². The first-order valence-corrected chi connectivity index (χ1v) is 6.37. The highest BCUT2D eigenvalue weighted by atomic mass is 31.1. The van der Waals surface area contributed by atoms with Crippen LogP contribution in [-0.4, -0.2) is 6.16 Å². The van der Waals surface area contributed by atoms with Crippen LogP contribution in [-0.2, 0) is 4.57 Å². The standard InChI is InChI=1S/C11H16O2P/c1-2-3-7-10-14(12)13-11-8-5-4-6-9-11/h4-6,8-9H,2-3,7,10H2,1H3/q+1. The average Bonchev–Trinajstić information content (AvgIpc) is 2.20. The molecule has 14 heavy (non-hydrogen) atoms. The molecule has 1 unspecified atom stereocenters. The quantitative estimate of drug-likeness (QED) is 0.525. The lowest BCUT2D eigenvalue weighted by Crippen LogP contribution is -1.86. The Bertz CT molecular complexity index is 272. The van der Waals surface area contributed by atoms with Gasteiger partial charge in [0.15, 0.2) is 11.9 Å². The van der Waals surface area contributed by atoms with Crippen LogP contribution in [0.4, 0.5) is 0 Å². The van der Waals surface area contributed by atoms with Gasteiger partial charge in [0.1, 0.15) is 0 Å². The molecular weight excluding hydrogens is 195 g/mol. The minimum absolute atomic E-state index is 0.665. The summed E-state index contributed by atoms with van der Waals surface area (Å²) in [5.41, 5.74) is 0. The summed E-state index contributed by atoms with van der Waals surface area (Å²) in [6, 6.07) is 9.33. The van der Waals surface area contributed by atoms with Crippen LogP contribution in [0.5, 0.6) is 5.75 Å². The van der Waals surface area contributed by atoms with Crippen molar-refractivity contribution >= 4 is 8.03 Å². The van der Waals surface area contributed by atoms with E-state index in [1.165, 1.54) is 0 Å². The lowest BCUT2D eigenvalue weighted by atomic mass is 10.3. The summed E-state index contributed by atoms with van der Waals surface area (Å²) in [7, 11) is -1.52. The lowest BCUT2D eigenvalue weighted by molar-refractivity contribution is 0.502. The zero-order valence-corrected chi connectivity index (χ0v) is 9.37. The first-order chi connectivity index (χ1) is 6.83. The van der Waals surface area contributed by atoms with E-state index in [0.717, 1.165) is 19.3 Å². The van der Waals surface area contributed by atoms with E-state index in [-0.39, 0.29) is 0 Å². The lowest BCUT2D eigenvalue weighted by Gasteiger charge is -1.92. The Kier molecular flexibility index (Phi) is 5.24. The number of rotatable bonds is 6. The topological polar surface area (TPSA) is 26.3 Å². The van der Waals surface area contributed by atoms with Gasteiger partial charge in [-0.25, -0.2) is 0 Å². The largest absolute Gasteiger partial charge is 0.556 e. The van der Waals surface area contributed by atoms with Gasteiger partial charge in [0, 0.05) is 0 Å². The van der Waals surface area contributed by atoms with Crippen molar-refractivity contribution < 1.29 is 9.09 Å². The van der Waals surface area contributed by atoms with E-state index in [0.29, 0.717) is 11.9 Å². The number of unbranched alkanes of at least 4 members (excludes halogenated alkanes) is 2. The van der Waals surface area contributed by atoms with E-state index in [9.17, 15) is 4.57 Å². The third-order valence-corrected chi connectivity index (χ3v) is 2.99. The maximum atomic E-state index is 11.4. The van der Waals surface area contributed by atoms with Crippen molar-refractivity contribution in [2.75, 3.05) is 6.16 Å². The number of para-hydroxylation sites is 1. The molecule has 1 aromatic carbocycles. The summed E-state index contributed by atoms with van der Waals surface area (Å²) in [5, 5.41) is 0. The highest BCUT2D eigenvalue weighted by molar-refractivity contribution is 7.39. The molecule has 0 N–H and O–H groups in total. The third kappa shape index (κ3) is 4.38. The fourth-order valence-electron chi connectivity index (χ4n) is 1.14. The Morgan fingerprint density at radius 2 is 1.93 bits per heavy atom. The van der Waals surface area contributed by atoms with E-state index in [4.69, 9.17) is 4.52 Å². The van der Waals surface area contributed by atoms with E-state index >= 15 is 0 Å². The second-order valence-corrected chi connectivity index (χ2v) is 4.46. The molecule has 0 spiro atoms. The highest BCUT2D eigenvalue weighted by Gasteiger charge is 2.17. The molecule has 1 atom stereocenters. The molecule has 0 aliphatic heterocycles. The molecule has 0 saturated carbocycles. The summed E-state index contributed by atoms with van der Waals surface area (Å²) < 4.78 is 16.7. The second-order valence-electron chi connectivity index (χ2n) is 3.17. The third-order valence-electron chi connectivity index (χ3n) is 1.89. The number of hydrogen-bond donors (Lipinski definition) is 0. The van der Waals surface area contributed by atoms with Crippen LogP contribution in [0.25, 0.3) is 0 Å². The second kappa shape index (κ2) is 6.56. The summed E-state index contributed by atoms with van der Waals surface area (Å²) in [4.78, 5) is 0. The molecule has 3 heteroatoms. The molecule has 0 heterocycles. The van der Waals surface area contributed by atoms with Crippen LogP contribution in [0.3, 0.4) is 0 Å². The van der Waals surface area contributed by atoms with Crippen molar-refractivity contribution in [2.24, 2.45) is 0 Å². The first-order valence-electron chi connectivity index (χ1n) is 5.00. The van der Waals surface area contributed by atoms with Gasteiger partial charge in [0.25, 0.3) is 0 Å². The van der Waals surface area contributed by atoms with Gasteiger partial charge in [-0.3, -0.25) is 4.52 Å². The van der Waals surface area contributed by atoms with Crippen molar-refractivity contribution in [3.05, 3.63) is 30.3 Å². The van der Waals surface area contributed by atoms with E-state index < -0.39 is 8.03 Å². The molecule has 0 aliphatic carbocycles. The predicted molar refractivity (Wildman–Crippen MR) is 59.1 cm³/mol. The van der Waals surface area contributed by atoms with Crippen LogP contribution >= 0.6 is 8.03 Å². The Balaban J connectivity index is 2.27. The molecule has 0 aromatic heterocycles. The molecular formula is C11H16O2P+. The summed E-state index contributed by atoms with van der Waals surface area (Å²) in [6.07, 6.45) is 3.92. The van der Waals surface area contributed by atoms with Gasteiger partial charge in [0.2, 0.25) is 0 Å². The van der Waals surface area contributed by atoms with Gasteiger partial charge in [0.05, 0.1) is 0 Å². The van der Waals surface area contributed by atoms with E-state index in [2.05, 4.69) is 6.92 Å². The van der Waals surface area contributed by atoms with Gasteiger partial charge in [-0.05, 0) is 29.5 Å². The minimum Gasteiger partial charge on any atom is -0.254 e. The molecule has 0 fully saturated rings. The fraction of sp³-hybridized carbons (Fsp3) is 0.455. The van der Waals surface area contributed by atoms with Crippen LogP contribution in [0.2, 0.25) is 0 Å². The molecule has 0 amide bonds. The Morgan fingerprint density at radius 1 is 1.21 bits per heavy atom. The van der Waals surface area contributed by atoms with E-state index in [1.54, 1.807) is 0 Å². The first kappa shape index (κ1) is 11.2. The van der Waals surface area contributed by atoms with Crippen LogP contribution < -0.4 is 4.52 Å². The average molecular weight is 211 g/mol. The van der Waals surface area contributed by atoms with Crippen molar-refractivity contribution in [3.8, 4) is 5.75 Å². The maximum Gasteiger partial charge on any atom is 0.556 e. The van der Waals surface area contributed by atoms with Crippen molar-refractivity contribution in [1.82, 2.24) is 0 Å². The van der Waals surface area contributed by atoms with Gasteiger partial charge in [-0.15, -0.1) is 0 Å². The highest BCUT2D eigenvalue weighted by Crippen LogP contribution is 2.27. The van der Waals surface area contributed by atoms with Gasteiger partial charge in [-0.2, -0.15) is 0 Å². The smallest absolute Gasteiger partial charge is 0.254 e. The molecule has 0 saturated heterocycles. The Hall–Kier alpha value is -0.880. The zero-order valence-electron chi connectivity index (χ0n) is 8.48. The molecule has 0 bridgehead atoms. The van der Waals surface area contributed by atoms with Crippen molar-refractivity contribution in [3.63, 3.8) is 0 Å². The molecule has 76 valence electrons. The number of benzene rings is 1. The van der Waals surface area contributed by atoms with Gasteiger partial charge < -0.3 is 0 Å². The normalized spacial score (nSPS) is 11.1. The SMILES string of the molecule is CCCCC[P+](=O)Oc1ccccc1. The van der Waals surface area contributed by atoms with Crippen LogP contribution in [0.15, 0.2) is 30.3 Å². The van der Waals surface area contributed by atoms with Gasteiger partial charge in [-0.1, -0.05) is 31.5 Å². The summed E-state index contributed by atoms with van der Waals surface area (Å²) in [6.45, 7) is 2.13. The molecule has 0 aliphatic rings. The summed E-state index contributed by atoms with van der Waals surface area (Å²) in [5.74, 6) is 0.699. The van der Waals surface area contributed by atoms with Gasteiger partial charge >= 0.3 is 8.03 Å². The zero-order chi connectivity index (χ0) is 10.2.